The van der Waals surface area contributed by atoms with Crippen molar-refractivity contribution in [3.63, 3.8) is 0 Å². The van der Waals surface area contributed by atoms with Crippen molar-refractivity contribution in [1.29, 1.82) is 0 Å². The molecule has 0 radical (unpaired) electrons. The monoisotopic (exact) mass is 487 g/mol. The lowest BCUT2D eigenvalue weighted by Gasteiger charge is -2.25. The first-order valence-corrected chi connectivity index (χ1v) is 11.3. The first-order valence-electron chi connectivity index (χ1n) is 11.3. The summed E-state index contributed by atoms with van der Waals surface area (Å²) in [6.45, 7) is 2.10. The molecule has 1 N–H and O–H groups in total. The highest BCUT2D eigenvalue weighted by molar-refractivity contribution is 6.04. The Balaban J connectivity index is 1.48. The van der Waals surface area contributed by atoms with Gasteiger partial charge in [0.2, 0.25) is 5.91 Å². The summed E-state index contributed by atoms with van der Waals surface area (Å²) in [5.74, 6) is -0.0531. The molecule has 1 unspecified atom stereocenters. The Morgan fingerprint density at radius 2 is 1.89 bits per heavy atom. The van der Waals surface area contributed by atoms with Crippen molar-refractivity contribution in [1.82, 2.24) is 4.90 Å². The van der Waals surface area contributed by atoms with Crippen molar-refractivity contribution in [3.8, 4) is 5.75 Å². The summed E-state index contributed by atoms with van der Waals surface area (Å²) in [5, 5.41) is 14.2. The van der Waals surface area contributed by atoms with E-state index >= 15 is 0 Å². The number of hydrogen-bond acceptors (Lipinski definition) is 6. The van der Waals surface area contributed by atoms with E-state index in [1.165, 1.54) is 24.3 Å². The number of rotatable bonds is 7. The maximum atomic E-state index is 12.9. The lowest BCUT2D eigenvalue weighted by Crippen LogP contribution is -2.28. The number of fused-ring (bicyclic) bond motifs is 1. The summed E-state index contributed by atoms with van der Waals surface area (Å²) in [6, 6.07) is 18.7. The number of anilines is 1. The van der Waals surface area contributed by atoms with Gasteiger partial charge in [0.05, 0.1) is 17.6 Å². The van der Waals surface area contributed by atoms with E-state index in [4.69, 9.17) is 9.47 Å². The summed E-state index contributed by atoms with van der Waals surface area (Å²) < 4.78 is 10.7. The van der Waals surface area contributed by atoms with Crippen LogP contribution < -0.4 is 10.1 Å². The Bertz CT molecular complexity index is 1320. The number of nitrogens with zero attached hydrogens (tertiary/aromatic N) is 2. The zero-order valence-electron chi connectivity index (χ0n) is 19.8. The predicted molar refractivity (Wildman–Crippen MR) is 134 cm³/mol. The number of nitro benzene ring substituents is 1. The zero-order valence-corrected chi connectivity index (χ0v) is 19.8. The van der Waals surface area contributed by atoms with Gasteiger partial charge in [0.15, 0.2) is 6.79 Å². The lowest BCUT2D eigenvalue weighted by molar-refractivity contribution is -0.385. The Labute approximate surface area is 208 Å². The molecule has 1 aliphatic rings. The van der Waals surface area contributed by atoms with Crippen molar-refractivity contribution in [2.24, 2.45) is 0 Å². The van der Waals surface area contributed by atoms with Gasteiger partial charge < -0.3 is 19.7 Å². The van der Waals surface area contributed by atoms with Gasteiger partial charge in [-0.2, -0.15) is 0 Å². The van der Waals surface area contributed by atoms with Crippen LogP contribution in [0.15, 0.2) is 72.8 Å². The Morgan fingerprint density at radius 1 is 1.11 bits per heavy atom. The fourth-order valence-electron chi connectivity index (χ4n) is 3.82. The van der Waals surface area contributed by atoms with E-state index in [1.807, 2.05) is 31.2 Å². The van der Waals surface area contributed by atoms with Gasteiger partial charge in [0.25, 0.3) is 11.6 Å². The number of likely N-dealkylation sites (N-methyl/N-ethyl adjacent to an activating group) is 1. The largest absolute Gasteiger partial charge is 0.467 e. The summed E-state index contributed by atoms with van der Waals surface area (Å²) in [5.41, 5.74) is 2.88. The molecule has 0 fully saturated rings. The zero-order chi connectivity index (χ0) is 25.7. The number of amides is 2. The highest BCUT2D eigenvalue weighted by atomic mass is 16.7. The second kappa shape index (κ2) is 10.8. The third kappa shape index (κ3) is 5.59. The quantitative estimate of drug-likeness (QED) is 0.287. The van der Waals surface area contributed by atoms with E-state index in [9.17, 15) is 19.7 Å². The molecular formula is C27H25N3O6. The molecule has 0 saturated heterocycles. The molecule has 0 saturated carbocycles. The van der Waals surface area contributed by atoms with E-state index in [2.05, 4.69) is 5.32 Å². The van der Waals surface area contributed by atoms with Crippen LogP contribution in [0.25, 0.3) is 6.08 Å². The van der Waals surface area contributed by atoms with E-state index in [0.29, 0.717) is 28.1 Å². The number of ether oxygens (including phenoxy) is 2. The van der Waals surface area contributed by atoms with Crippen LogP contribution in [0.1, 0.15) is 40.0 Å². The highest BCUT2D eigenvalue weighted by Crippen LogP contribution is 2.33. The van der Waals surface area contributed by atoms with Crippen LogP contribution in [0, 0.1) is 10.1 Å². The first kappa shape index (κ1) is 24.6. The van der Waals surface area contributed by atoms with Gasteiger partial charge in [-0.05, 0) is 42.8 Å². The molecule has 9 nitrogen and oxygen atoms in total. The average molecular weight is 488 g/mol. The first-order chi connectivity index (χ1) is 17.3. The van der Waals surface area contributed by atoms with Gasteiger partial charge in [-0.15, -0.1) is 0 Å². The van der Waals surface area contributed by atoms with Gasteiger partial charge >= 0.3 is 0 Å². The van der Waals surface area contributed by atoms with Gasteiger partial charge in [-0.1, -0.05) is 30.3 Å². The second-order valence-electron chi connectivity index (χ2n) is 8.30. The second-order valence-corrected chi connectivity index (χ2v) is 8.30. The van der Waals surface area contributed by atoms with Crippen molar-refractivity contribution < 1.29 is 24.0 Å². The number of nitro groups is 1. The van der Waals surface area contributed by atoms with Crippen LogP contribution >= 0.6 is 0 Å². The van der Waals surface area contributed by atoms with Gasteiger partial charge in [0.1, 0.15) is 5.75 Å². The molecule has 3 aromatic carbocycles. The Morgan fingerprint density at radius 3 is 2.64 bits per heavy atom. The predicted octanol–water partition coefficient (Wildman–Crippen LogP) is 4.95. The molecule has 1 aliphatic heterocycles. The fraction of sp³-hybridized carbons (Fsp3) is 0.185. The lowest BCUT2D eigenvalue weighted by atomic mass is 10.0. The van der Waals surface area contributed by atoms with Crippen molar-refractivity contribution in [2.45, 2.75) is 19.6 Å². The number of benzene rings is 3. The van der Waals surface area contributed by atoms with Gasteiger partial charge in [0, 0.05) is 47.6 Å². The minimum absolute atomic E-state index is 0.0354. The highest BCUT2D eigenvalue weighted by Gasteiger charge is 2.21. The molecule has 1 atom stereocenters. The van der Waals surface area contributed by atoms with Crippen molar-refractivity contribution in [2.75, 3.05) is 19.2 Å². The van der Waals surface area contributed by atoms with Crippen LogP contribution in [0.2, 0.25) is 0 Å². The van der Waals surface area contributed by atoms with Crippen LogP contribution in [0.4, 0.5) is 11.4 Å². The number of carbonyl (C=O) groups excluding carboxylic acids is 2. The van der Waals surface area contributed by atoms with Crippen molar-refractivity contribution >= 4 is 29.3 Å². The molecule has 0 spiro atoms. The summed E-state index contributed by atoms with van der Waals surface area (Å²) in [4.78, 5) is 37.8. The van der Waals surface area contributed by atoms with Gasteiger partial charge in [-0.25, -0.2) is 0 Å². The molecule has 0 aromatic heterocycles. The molecular weight excluding hydrogens is 462 g/mol. The molecule has 0 bridgehead atoms. The molecule has 36 heavy (non-hydrogen) atoms. The van der Waals surface area contributed by atoms with Crippen LogP contribution in [0.3, 0.4) is 0 Å². The molecule has 4 rings (SSSR count). The Hall–Kier alpha value is -4.50. The summed E-state index contributed by atoms with van der Waals surface area (Å²) in [7, 11) is 1.67. The van der Waals surface area contributed by atoms with Gasteiger partial charge in [-0.3, -0.25) is 19.7 Å². The number of non-ortho nitro benzene ring substituents is 1. The molecule has 3 aromatic rings. The SMILES string of the molecule is CC(c1cccc(NC(=O)c2ccccc2)c1)N(C)C(=O)/C=C/c1cc([N+](=O)[O-])cc2c1OCOC2. The summed E-state index contributed by atoms with van der Waals surface area (Å²) >= 11 is 0. The number of carbonyl (C=O) groups is 2. The third-order valence-corrected chi connectivity index (χ3v) is 5.93. The molecule has 9 heteroatoms. The van der Waals surface area contributed by atoms with E-state index in [0.717, 1.165) is 5.56 Å². The van der Waals surface area contributed by atoms with Crippen LogP contribution in [-0.2, 0) is 16.1 Å². The minimum Gasteiger partial charge on any atom is -0.467 e. The molecule has 0 aliphatic carbocycles. The third-order valence-electron chi connectivity index (χ3n) is 5.93. The molecule has 2 amide bonds. The minimum atomic E-state index is -0.494. The fourth-order valence-corrected chi connectivity index (χ4v) is 3.82. The summed E-state index contributed by atoms with van der Waals surface area (Å²) in [6.07, 6.45) is 2.87. The van der Waals surface area contributed by atoms with E-state index in [1.54, 1.807) is 42.3 Å². The average Bonchev–Trinajstić information content (AvgIpc) is 2.91. The molecule has 184 valence electrons. The normalized spacial score (nSPS) is 13.4. The number of nitrogens with one attached hydrogen (secondary N) is 1. The van der Waals surface area contributed by atoms with Crippen molar-refractivity contribution in [3.05, 3.63) is 105 Å². The number of hydrogen-bond donors (Lipinski definition) is 1. The topological polar surface area (TPSA) is 111 Å². The maximum absolute atomic E-state index is 12.9. The van der Waals surface area contributed by atoms with E-state index in [-0.39, 0.29) is 36.9 Å². The smallest absolute Gasteiger partial charge is 0.270 e. The standard InChI is InChI=1S/C27H25N3O6/c1-18(20-9-6-10-23(13-20)28-27(32)19-7-4-3-5-8-19)29(2)25(31)12-11-21-14-24(30(33)34)15-22-16-35-17-36-26(21)22/h3-15,18H,16-17H2,1-2H3,(H,28,32)/b12-11+. The molecule has 1 heterocycles. The maximum Gasteiger partial charge on any atom is 0.270 e. The van der Waals surface area contributed by atoms with E-state index < -0.39 is 4.92 Å². The van der Waals surface area contributed by atoms with Crippen LogP contribution in [0.5, 0.6) is 5.75 Å². The van der Waals surface area contributed by atoms with Crippen LogP contribution in [-0.4, -0.2) is 35.5 Å². The Kier molecular flexibility index (Phi) is 7.41.